The van der Waals surface area contributed by atoms with Gasteiger partial charge in [0.25, 0.3) is 6.43 Å². The van der Waals surface area contributed by atoms with E-state index in [1.165, 1.54) is 0 Å². The quantitative estimate of drug-likeness (QED) is 0.867. The molecule has 0 aliphatic heterocycles. The first-order valence-corrected chi connectivity index (χ1v) is 7.95. The average molecular weight is 319 g/mol. The fourth-order valence-corrected chi connectivity index (χ4v) is 2.49. The van der Waals surface area contributed by atoms with Crippen LogP contribution < -0.4 is 9.46 Å². The number of ether oxygens (including phenoxy) is 1. The van der Waals surface area contributed by atoms with Crippen LogP contribution >= 0.6 is 0 Å². The van der Waals surface area contributed by atoms with Crippen molar-refractivity contribution in [3.05, 3.63) is 29.3 Å². The predicted octanol–water partition coefficient (Wildman–Crippen LogP) is 3.75. The van der Waals surface area contributed by atoms with Crippen LogP contribution in [0.15, 0.2) is 18.2 Å². The molecule has 3 nitrogen and oxygen atoms in total. The van der Waals surface area contributed by atoms with E-state index in [1.807, 2.05) is 40.7 Å². The van der Waals surface area contributed by atoms with Crippen LogP contribution in [0.1, 0.15) is 44.9 Å². The number of benzene rings is 1. The van der Waals surface area contributed by atoms with Crippen molar-refractivity contribution < 1.29 is 17.7 Å². The normalized spacial score (nSPS) is 15.0. The Morgan fingerprint density at radius 3 is 2.43 bits per heavy atom. The Kier molecular flexibility index (Phi) is 6.28. The maximum absolute atomic E-state index is 12.2. The SMILES string of the molecule is Cc1cc(OCC(F)F)cc([C@@H](C)NS(=O)C(C)(C)C)c1. The molecule has 21 heavy (non-hydrogen) atoms. The summed E-state index contributed by atoms with van der Waals surface area (Å²) in [6.45, 7) is 8.78. The molecule has 2 atom stereocenters. The van der Waals surface area contributed by atoms with Crippen molar-refractivity contribution in [1.82, 2.24) is 4.72 Å². The van der Waals surface area contributed by atoms with Crippen molar-refractivity contribution in [1.29, 1.82) is 0 Å². The summed E-state index contributed by atoms with van der Waals surface area (Å²) in [7, 11) is -1.20. The molecule has 0 bridgehead atoms. The highest BCUT2D eigenvalue weighted by molar-refractivity contribution is 7.84. The van der Waals surface area contributed by atoms with E-state index in [2.05, 4.69) is 4.72 Å². The van der Waals surface area contributed by atoms with E-state index in [1.54, 1.807) is 12.1 Å². The maximum atomic E-state index is 12.2. The van der Waals surface area contributed by atoms with Gasteiger partial charge in [0, 0.05) is 6.04 Å². The van der Waals surface area contributed by atoms with Crippen molar-refractivity contribution in [2.24, 2.45) is 0 Å². The molecule has 0 fully saturated rings. The van der Waals surface area contributed by atoms with E-state index in [4.69, 9.17) is 4.74 Å². The van der Waals surface area contributed by atoms with Gasteiger partial charge in [-0.2, -0.15) is 0 Å². The van der Waals surface area contributed by atoms with E-state index < -0.39 is 24.0 Å². The van der Waals surface area contributed by atoms with Gasteiger partial charge < -0.3 is 4.74 Å². The third kappa shape index (κ3) is 6.09. The number of hydrogen-bond donors (Lipinski definition) is 1. The number of alkyl halides is 2. The Morgan fingerprint density at radius 1 is 1.29 bits per heavy atom. The minimum atomic E-state index is -2.50. The minimum Gasteiger partial charge on any atom is -0.488 e. The zero-order valence-electron chi connectivity index (χ0n) is 13.1. The summed E-state index contributed by atoms with van der Waals surface area (Å²) in [6.07, 6.45) is -2.50. The maximum Gasteiger partial charge on any atom is 0.272 e. The molecule has 1 aromatic carbocycles. The smallest absolute Gasteiger partial charge is 0.272 e. The van der Waals surface area contributed by atoms with E-state index in [9.17, 15) is 13.0 Å². The summed E-state index contributed by atoms with van der Waals surface area (Å²) < 4.78 is 44.2. The molecule has 0 spiro atoms. The van der Waals surface area contributed by atoms with Gasteiger partial charge in [-0.15, -0.1) is 0 Å². The van der Waals surface area contributed by atoms with Gasteiger partial charge in [-0.05, 0) is 57.9 Å². The highest BCUT2D eigenvalue weighted by Gasteiger charge is 2.22. The molecule has 0 radical (unpaired) electrons. The van der Waals surface area contributed by atoms with E-state index >= 15 is 0 Å². The Bertz CT molecular complexity index is 501. The summed E-state index contributed by atoms with van der Waals surface area (Å²) in [5.74, 6) is 0.403. The Morgan fingerprint density at radius 2 is 1.90 bits per heavy atom. The lowest BCUT2D eigenvalue weighted by molar-refractivity contribution is 0.0818. The second-order valence-corrected chi connectivity index (χ2v) is 8.00. The minimum absolute atomic E-state index is 0.168. The summed E-state index contributed by atoms with van der Waals surface area (Å²) in [4.78, 5) is 0. The van der Waals surface area contributed by atoms with Crippen LogP contribution in [0, 0.1) is 6.92 Å². The molecule has 1 unspecified atom stereocenters. The van der Waals surface area contributed by atoms with Crippen molar-refractivity contribution in [3.63, 3.8) is 0 Å². The first kappa shape index (κ1) is 18.0. The van der Waals surface area contributed by atoms with Gasteiger partial charge in [-0.3, -0.25) is 0 Å². The molecule has 1 aromatic rings. The van der Waals surface area contributed by atoms with Crippen LogP contribution in [0.25, 0.3) is 0 Å². The van der Waals surface area contributed by atoms with Crippen LogP contribution in [0.5, 0.6) is 5.75 Å². The zero-order valence-corrected chi connectivity index (χ0v) is 13.9. The van der Waals surface area contributed by atoms with Gasteiger partial charge in [0.15, 0.2) is 0 Å². The van der Waals surface area contributed by atoms with E-state index in [-0.39, 0.29) is 10.8 Å². The summed E-state index contributed by atoms with van der Waals surface area (Å²) >= 11 is 0. The van der Waals surface area contributed by atoms with Crippen LogP contribution in [0.3, 0.4) is 0 Å². The average Bonchev–Trinajstić information content (AvgIpc) is 2.34. The topological polar surface area (TPSA) is 38.3 Å². The lowest BCUT2D eigenvalue weighted by Gasteiger charge is -2.22. The standard InChI is InChI=1S/C15H23F2NO2S/c1-10-6-12(8-13(7-10)20-9-14(16)17)11(2)18-21(19)15(3,4)5/h6-8,11,14,18H,9H2,1-5H3/t11-,21?/m1/s1. The summed E-state index contributed by atoms with van der Waals surface area (Å²) in [6, 6.07) is 5.16. The molecule has 0 amide bonds. The van der Waals surface area contributed by atoms with Gasteiger partial charge >= 0.3 is 0 Å². The molecule has 0 aliphatic rings. The molecule has 120 valence electrons. The van der Waals surface area contributed by atoms with Crippen molar-refractivity contribution >= 4 is 11.0 Å². The molecule has 1 N–H and O–H groups in total. The van der Waals surface area contributed by atoms with Crippen molar-refractivity contribution in [2.75, 3.05) is 6.61 Å². The van der Waals surface area contributed by atoms with Crippen LogP contribution in [-0.4, -0.2) is 22.0 Å². The van der Waals surface area contributed by atoms with Gasteiger partial charge in [-0.1, -0.05) is 6.07 Å². The third-order valence-corrected chi connectivity index (χ3v) is 4.47. The van der Waals surface area contributed by atoms with Gasteiger partial charge in [0.2, 0.25) is 0 Å². The number of nitrogens with one attached hydrogen (secondary N) is 1. The van der Waals surface area contributed by atoms with Crippen LogP contribution in [0.4, 0.5) is 8.78 Å². The second-order valence-electron chi connectivity index (χ2n) is 6.00. The third-order valence-electron chi connectivity index (χ3n) is 2.79. The fourth-order valence-electron chi connectivity index (χ4n) is 1.67. The summed E-state index contributed by atoms with van der Waals surface area (Å²) in [5.41, 5.74) is 1.77. The first-order valence-electron chi connectivity index (χ1n) is 6.80. The van der Waals surface area contributed by atoms with Crippen molar-refractivity contribution in [3.8, 4) is 5.75 Å². The molecule has 1 rings (SSSR count). The molecule has 0 aromatic heterocycles. The molecule has 0 aliphatic carbocycles. The lowest BCUT2D eigenvalue weighted by atomic mass is 10.1. The van der Waals surface area contributed by atoms with E-state index in [0.717, 1.165) is 11.1 Å². The first-order chi connectivity index (χ1) is 9.59. The molecular weight excluding hydrogens is 296 g/mol. The van der Waals surface area contributed by atoms with Gasteiger partial charge in [0.05, 0.1) is 15.7 Å². The Labute approximate surface area is 127 Å². The number of rotatable bonds is 6. The highest BCUT2D eigenvalue weighted by Crippen LogP contribution is 2.23. The number of halogens is 2. The second kappa shape index (κ2) is 7.31. The summed E-state index contributed by atoms with van der Waals surface area (Å²) in [5, 5.41) is 0. The van der Waals surface area contributed by atoms with Crippen LogP contribution in [0.2, 0.25) is 0 Å². The van der Waals surface area contributed by atoms with Crippen molar-refractivity contribution in [2.45, 2.75) is 51.8 Å². The number of aryl methyl sites for hydroxylation is 1. The molecule has 6 heteroatoms. The zero-order chi connectivity index (χ0) is 16.2. The molecule has 0 saturated carbocycles. The molecular formula is C15H23F2NO2S. The Balaban J connectivity index is 2.84. The number of hydrogen-bond acceptors (Lipinski definition) is 2. The van der Waals surface area contributed by atoms with Gasteiger partial charge in [0.1, 0.15) is 12.4 Å². The fraction of sp³-hybridized carbons (Fsp3) is 0.600. The highest BCUT2D eigenvalue weighted by atomic mass is 32.2. The Hall–Kier alpha value is -1.01. The van der Waals surface area contributed by atoms with Gasteiger partial charge in [-0.25, -0.2) is 17.7 Å². The lowest BCUT2D eigenvalue weighted by Crippen LogP contribution is -2.34. The predicted molar refractivity (Wildman–Crippen MR) is 82.1 cm³/mol. The monoisotopic (exact) mass is 319 g/mol. The largest absolute Gasteiger partial charge is 0.488 e. The van der Waals surface area contributed by atoms with Crippen LogP contribution in [-0.2, 0) is 11.0 Å². The molecule has 0 heterocycles. The van der Waals surface area contributed by atoms with E-state index in [0.29, 0.717) is 5.75 Å². The molecule has 0 saturated heterocycles.